The van der Waals surface area contributed by atoms with Crippen molar-refractivity contribution in [3.05, 3.63) is 0 Å². The van der Waals surface area contributed by atoms with E-state index in [-0.39, 0.29) is 17.9 Å². The van der Waals surface area contributed by atoms with E-state index in [1.54, 1.807) is 0 Å². The molecule has 0 spiro atoms. The van der Waals surface area contributed by atoms with Crippen molar-refractivity contribution in [3.8, 4) is 0 Å². The molecule has 0 aliphatic carbocycles. The van der Waals surface area contributed by atoms with Crippen molar-refractivity contribution >= 4 is 11.8 Å². The number of hydrogen-bond acceptors (Lipinski definition) is 2. The van der Waals surface area contributed by atoms with Gasteiger partial charge in [0.05, 0.1) is 0 Å². The Balaban J connectivity index is 3.05. The zero-order valence-electron chi connectivity index (χ0n) is 14.4. The first kappa shape index (κ1) is 18.0. The fraction of sp³-hybridized carbons (Fsp3) is 0.882. The van der Waals surface area contributed by atoms with Gasteiger partial charge in [-0.3, -0.25) is 9.59 Å². The van der Waals surface area contributed by atoms with Crippen LogP contribution in [0.1, 0.15) is 73.1 Å². The molecule has 1 aliphatic heterocycles. The van der Waals surface area contributed by atoms with Crippen molar-refractivity contribution in [3.63, 3.8) is 0 Å². The molecule has 21 heavy (non-hydrogen) atoms. The number of nitrogens with zero attached hydrogens (tertiary/aromatic N) is 1. The summed E-state index contributed by atoms with van der Waals surface area (Å²) in [6.07, 6.45) is 5.19. The van der Waals surface area contributed by atoms with Crippen LogP contribution in [0.2, 0.25) is 0 Å². The lowest BCUT2D eigenvalue weighted by Crippen LogP contribution is -2.70. The maximum Gasteiger partial charge on any atom is 0.246 e. The monoisotopic (exact) mass is 296 g/mol. The Morgan fingerprint density at radius 3 is 2.24 bits per heavy atom. The van der Waals surface area contributed by atoms with Gasteiger partial charge >= 0.3 is 0 Å². The molecule has 0 aromatic carbocycles. The molecule has 0 radical (unpaired) electrons. The van der Waals surface area contributed by atoms with Crippen LogP contribution in [-0.2, 0) is 9.59 Å². The molecule has 1 heterocycles. The maximum atomic E-state index is 12.8. The predicted octanol–water partition coefficient (Wildman–Crippen LogP) is 3.11. The molecule has 0 bridgehead atoms. The molecule has 0 aromatic rings. The largest absolute Gasteiger partial charge is 0.342 e. The molecular weight excluding hydrogens is 264 g/mol. The van der Waals surface area contributed by atoms with Crippen LogP contribution in [0.15, 0.2) is 0 Å². The van der Waals surface area contributed by atoms with Gasteiger partial charge in [0.2, 0.25) is 11.8 Å². The molecule has 1 saturated heterocycles. The smallest absolute Gasteiger partial charge is 0.246 e. The number of piperazine rings is 1. The highest BCUT2D eigenvalue weighted by Crippen LogP contribution is 2.31. The Kier molecular flexibility index (Phi) is 6.69. The summed E-state index contributed by atoms with van der Waals surface area (Å²) in [5, 5.41) is 2.96. The Morgan fingerprint density at radius 2 is 1.76 bits per heavy atom. The quantitative estimate of drug-likeness (QED) is 0.748. The zero-order valence-corrected chi connectivity index (χ0v) is 14.4. The van der Waals surface area contributed by atoms with Crippen molar-refractivity contribution in [1.29, 1.82) is 0 Å². The van der Waals surface area contributed by atoms with Gasteiger partial charge in [-0.2, -0.15) is 0 Å². The minimum absolute atomic E-state index is 0.0363. The third-order valence-electron chi connectivity index (χ3n) is 4.83. The zero-order chi connectivity index (χ0) is 16.0. The van der Waals surface area contributed by atoms with E-state index < -0.39 is 5.54 Å². The van der Waals surface area contributed by atoms with E-state index in [0.29, 0.717) is 25.3 Å². The van der Waals surface area contributed by atoms with Crippen molar-refractivity contribution in [1.82, 2.24) is 10.2 Å². The van der Waals surface area contributed by atoms with Crippen LogP contribution in [0.3, 0.4) is 0 Å². The maximum absolute atomic E-state index is 12.8. The topological polar surface area (TPSA) is 49.4 Å². The highest BCUT2D eigenvalue weighted by molar-refractivity contribution is 5.99. The first-order valence-electron chi connectivity index (χ1n) is 8.59. The first-order chi connectivity index (χ1) is 9.96. The average molecular weight is 296 g/mol. The molecule has 1 fully saturated rings. The van der Waals surface area contributed by atoms with Crippen LogP contribution in [0.4, 0.5) is 0 Å². The summed E-state index contributed by atoms with van der Waals surface area (Å²) in [6.45, 7) is 11.1. The van der Waals surface area contributed by atoms with Gasteiger partial charge in [0.15, 0.2) is 0 Å². The standard InChI is InChI=1S/C17H32N2O2/c1-6-10-13(5)12-19-15(20)14(11-7-2)18-16(21)17(19,8-3)9-4/h13-14H,6-12H2,1-5H3,(H,18,21). The number of rotatable bonds is 8. The van der Waals surface area contributed by atoms with Gasteiger partial charge in [-0.25, -0.2) is 0 Å². The molecule has 4 heteroatoms. The summed E-state index contributed by atoms with van der Waals surface area (Å²) in [6, 6.07) is -0.331. The Hall–Kier alpha value is -1.06. The van der Waals surface area contributed by atoms with Crippen LogP contribution >= 0.6 is 0 Å². The normalized spacial score (nSPS) is 23.1. The summed E-state index contributed by atoms with van der Waals surface area (Å²) < 4.78 is 0. The van der Waals surface area contributed by atoms with E-state index in [2.05, 4.69) is 19.2 Å². The molecule has 1 N–H and O–H groups in total. The van der Waals surface area contributed by atoms with Gasteiger partial charge in [0.25, 0.3) is 0 Å². The van der Waals surface area contributed by atoms with Crippen molar-refractivity contribution in [2.45, 2.75) is 84.7 Å². The van der Waals surface area contributed by atoms with E-state index in [0.717, 1.165) is 25.7 Å². The predicted molar refractivity (Wildman–Crippen MR) is 85.9 cm³/mol. The van der Waals surface area contributed by atoms with E-state index >= 15 is 0 Å². The summed E-state index contributed by atoms with van der Waals surface area (Å²) >= 11 is 0. The van der Waals surface area contributed by atoms with Crippen LogP contribution in [-0.4, -0.2) is 34.8 Å². The van der Waals surface area contributed by atoms with E-state index in [9.17, 15) is 9.59 Å². The summed E-state index contributed by atoms with van der Waals surface area (Å²) in [5.41, 5.74) is -0.649. The van der Waals surface area contributed by atoms with E-state index in [1.807, 2.05) is 25.7 Å². The Morgan fingerprint density at radius 1 is 1.14 bits per heavy atom. The van der Waals surface area contributed by atoms with Gasteiger partial charge in [-0.15, -0.1) is 0 Å². The lowest BCUT2D eigenvalue weighted by Gasteiger charge is -2.48. The summed E-state index contributed by atoms with van der Waals surface area (Å²) in [5.74, 6) is 0.585. The highest BCUT2D eigenvalue weighted by Gasteiger charge is 2.50. The SMILES string of the molecule is CCCC(C)CN1C(=O)C(CCC)NC(=O)C1(CC)CC. The molecule has 122 valence electrons. The molecule has 2 amide bonds. The van der Waals surface area contributed by atoms with Gasteiger partial charge in [0.1, 0.15) is 11.6 Å². The van der Waals surface area contributed by atoms with E-state index in [4.69, 9.17) is 0 Å². The summed E-state index contributed by atoms with van der Waals surface area (Å²) in [7, 11) is 0. The average Bonchev–Trinajstić information content (AvgIpc) is 2.46. The Labute approximate surface area is 129 Å². The number of amides is 2. The number of nitrogens with one attached hydrogen (secondary N) is 1. The van der Waals surface area contributed by atoms with Crippen LogP contribution in [0, 0.1) is 5.92 Å². The third kappa shape index (κ3) is 3.58. The van der Waals surface area contributed by atoms with Crippen LogP contribution in [0.25, 0.3) is 0 Å². The van der Waals surface area contributed by atoms with Crippen molar-refractivity contribution in [2.24, 2.45) is 5.92 Å². The molecule has 0 aromatic heterocycles. The number of carbonyl (C=O) groups excluding carboxylic acids is 2. The van der Waals surface area contributed by atoms with E-state index in [1.165, 1.54) is 0 Å². The van der Waals surface area contributed by atoms with Crippen LogP contribution < -0.4 is 5.32 Å². The number of carbonyl (C=O) groups is 2. The molecular formula is C17H32N2O2. The fourth-order valence-electron chi connectivity index (χ4n) is 3.47. The second-order valence-electron chi connectivity index (χ2n) is 6.40. The highest BCUT2D eigenvalue weighted by atomic mass is 16.2. The summed E-state index contributed by atoms with van der Waals surface area (Å²) in [4.78, 5) is 27.4. The number of hydrogen-bond donors (Lipinski definition) is 1. The minimum atomic E-state index is -0.649. The fourth-order valence-corrected chi connectivity index (χ4v) is 3.47. The molecule has 1 rings (SSSR count). The molecule has 2 atom stereocenters. The van der Waals surface area contributed by atoms with Gasteiger partial charge in [-0.1, -0.05) is 47.5 Å². The molecule has 0 saturated carbocycles. The molecule has 4 nitrogen and oxygen atoms in total. The molecule has 1 aliphatic rings. The lowest BCUT2D eigenvalue weighted by atomic mass is 9.84. The van der Waals surface area contributed by atoms with Crippen molar-refractivity contribution < 1.29 is 9.59 Å². The van der Waals surface area contributed by atoms with Crippen LogP contribution in [0.5, 0.6) is 0 Å². The minimum Gasteiger partial charge on any atom is -0.342 e. The van der Waals surface area contributed by atoms with Gasteiger partial charge in [-0.05, 0) is 31.6 Å². The Bertz CT molecular complexity index is 364. The second kappa shape index (κ2) is 7.81. The van der Waals surface area contributed by atoms with Crippen molar-refractivity contribution in [2.75, 3.05) is 6.54 Å². The van der Waals surface area contributed by atoms with Gasteiger partial charge < -0.3 is 10.2 Å². The first-order valence-corrected chi connectivity index (χ1v) is 8.59. The van der Waals surface area contributed by atoms with Gasteiger partial charge in [0, 0.05) is 6.54 Å². The lowest BCUT2D eigenvalue weighted by molar-refractivity contribution is -0.159. The molecule has 2 unspecified atom stereocenters. The third-order valence-corrected chi connectivity index (χ3v) is 4.83. The second-order valence-corrected chi connectivity index (χ2v) is 6.40.